The van der Waals surface area contributed by atoms with E-state index in [-0.39, 0.29) is 0 Å². The van der Waals surface area contributed by atoms with Gasteiger partial charge < -0.3 is 10.5 Å². The molecule has 0 aliphatic rings. The van der Waals surface area contributed by atoms with Gasteiger partial charge in [-0.05, 0) is 36.2 Å². The summed E-state index contributed by atoms with van der Waals surface area (Å²) >= 11 is 0. The maximum atomic E-state index is 8.88. The Balaban J connectivity index is 2.16. The highest BCUT2D eigenvalue weighted by Gasteiger charge is 2.07. The van der Waals surface area contributed by atoms with Crippen molar-refractivity contribution >= 4 is 5.69 Å². The molecule has 2 aromatic carbocycles. The van der Waals surface area contributed by atoms with Crippen LogP contribution >= 0.6 is 0 Å². The van der Waals surface area contributed by atoms with E-state index in [0.717, 1.165) is 16.9 Å². The van der Waals surface area contributed by atoms with E-state index in [9.17, 15) is 0 Å². The summed E-state index contributed by atoms with van der Waals surface area (Å²) in [4.78, 5) is 0. The Morgan fingerprint density at radius 2 is 1.89 bits per heavy atom. The quantitative estimate of drug-likeness (QED) is 0.836. The summed E-state index contributed by atoms with van der Waals surface area (Å²) in [5, 5.41) is 8.88. The molecule has 18 heavy (non-hydrogen) atoms. The molecule has 0 bridgehead atoms. The Morgan fingerprint density at radius 3 is 2.56 bits per heavy atom. The van der Waals surface area contributed by atoms with Crippen molar-refractivity contribution in [2.45, 2.75) is 13.5 Å². The lowest BCUT2D eigenvalue weighted by molar-refractivity contribution is 0.305. The molecule has 0 fully saturated rings. The number of hydrogen-bond donors (Lipinski definition) is 1. The van der Waals surface area contributed by atoms with Gasteiger partial charge in [0.2, 0.25) is 0 Å². The SMILES string of the molecule is Cc1c(COc2ccccc2)ccc(C#N)c1N. The Labute approximate surface area is 106 Å². The van der Waals surface area contributed by atoms with Gasteiger partial charge in [0.15, 0.2) is 0 Å². The zero-order valence-corrected chi connectivity index (χ0v) is 10.2. The van der Waals surface area contributed by atoms with Crippen LogP contribution in [0.4, 0.5) is 5.69 Å². The fourth-order valence-electron chi connectivity index (χ4n) is 1.71. The van der Waals surface area contributed by atoms with Gasteiger partial charge in [-0.25, -0.2) is 0 Å². The van der Waals surface area contributed by atoms with Gasteiger partial charge in [-0.2, -0.15) is 5.26 Å². The van der Waals surface area contributed by atoms with Crippen LogP contribution in [0.2, 0.25) is 0 Å². The molecular formula is C15H14N2O. The van der Waals surface area contributed by atoms with Gasteiger partial charge in [0, 0.05) is 0 Å². The first-order valence-electron chi connectivity index (χ1n) is 5.68. The minimum Gasteiger partial charge on any atom is -0.489 e. The monoisotopic (exact) mass is 238 g/mol. The first-order valence-corrected chi connectivity index (χ1v) is 5.68. The molecule has 2 N–H and O–H groups in total. The lowest BCUT2D eigenvalue weighted by Gasteiger charge is -2.11. The van der Waals surface area contributed by atoms with Crippen LogP contribution in [0, 0.1) is 18.3 Å². The molecule has 0 amide bonds. The van der Waals surface area contributed by atoms with Crippen LogP contribution in [-0.2, 0) is 6.61 Å². The number of rotatable bonds is 3. The number of nitriles is 1. The third-order valence-corrected chi connectivity index (χ3v) is 2.89. The molecule has 0 atom stereocenters. The van der Waals surface area contributed by atoms with E-state index in [0.29, 0.717) is 17.9 Å². The fraction of sp³-hybridized carbons (Fsp3) is 0.133. The number of para-hydroxylation sites is 1. The van der Waals surface area contributed by atoms with Crippen molar-refractivity contribution in [2.24, 2.45) is 0 Å². The summed E-state index contributed by atoms with van der Waals surface area (Å²) in [5.41, 5.74) is 8.83. The number of anilines is 1. The average molecular weight is 238 g/mol. The van der Waals surface area contributed by atoms with Crippen LogP contribution in [0.5, 0.6) is 5.75 Å². The van der Waals surface area contributed by atoms with Crippen molar-refractivity contribution < 1.29 is 4.74 Å². The highest BCUT2D eigenvalue weighted by Crippen LogP contribution is 2.22. The second kappa shape index (κ2) is 5.24. The predicted molar refractivity (Wildman–Crippen MR) is 71.1 cm³/mol. The molecule has 3 heteroatoms. The maximum absolute atomic E-state index is 8.88. The topological polar surface area (TPSA) is 59.0 Å². The van der Waals surface area contributed by atoms with Crippen LogP contribution in [-0.4, -0.2) is 0 Å². The summed E-state index contributed by atoms with van der Waals surface area (Å²) < 4.78 is 5.66. The molecule has 0 aliphatic carbocycles. The number of nitrogens with zero attached hydrogens (tertiary/aromatic N) is 1. The highest BCUT2D eigenvalue weighted by molar-refractivity contribution is 5.61. The minimum atomic E-state index is 0.450. The van der Waals surface area contributed by atoms with Crippen LogP contribution < -0.4 is 10.5 Å². The van der Waals surface area contributed by atoms with Crippen LogP contribution in [0.25, 0.3) is 0 Å². The average Bonchev–Trinajstić information content (AvgIpc) is 2.42. The van der Waals surface area contributed by atoms with Gasteiger partial charge in [-0.1, -0.05) is 24.3 Å². The minimum absolute atomic E-state index is 0.450. The summed E-state index contributed by atoms with van der Waals surface area (Å²) in [6.07, 6.45) is 0. The number of nitrogen functional groups attached to an aromatic ring is 1. The molecule has 3 nitrogen and oxygen atoms in total. The first kappa shape index (κ1) is 12.0. The zero-order chi connectivity index (χ0) is 13.0. The molecule has 0 heterocycles. The molecule has 0 aliphatic heterocycles. The molecule has 90 valence electrons. The Bertz CT molecular complexity index is 585. The molecule has 0 radical (unpaired) electrons. The lowest BCUT2D eigenvalue weighted by Crippen LogP contribution is -2.02. The zero-order valence-electron chi connectivity index (χ0n) is 10.2. The van der Waals surface area contributed by atoms with Crippen molar-refractivity contribution in [1.29, 1.82) is 5.26 Å². The van der Waals surface area contributed by atoms with E-state index >= 15 is 0 Å². The van der Waals surface area contributed by atoms with E-state index < -0.39 is 0 Å². The van der Waals surface area contributed by atoms with E-state index in [1.165, 1.54) is 0 Å². The molecule has 0 spiro atoms. The standard InChI is InChI=1S/C15H14N2O/c1-11-13(8-7-12(9-16)15(11)17)10-18-14-5-3-2-4-6-14/h2-8H,10,17H2,1H3. The Hall–Kier alpha value is -2.47. The van der Waals surface area contributed by atoms with Gasteiger partial charge in [0.1, 0.15) is 18.4 Å². The summed E-state index contributed by atoms with van der Waals surface area (Å²) in [6, 6.07) is 15.3. The van der Waals surface area contributed by atoms with Gasteiger partial charge in [-0.3, -0.25) is 0 Å². The molecule has 0 aromatic heterocycles. The van der Waals surface area contributed by atoms with E-state index in [2.05, 4.69) is 6.07 Å². The van der Waals surface area contributed by atoms with Gasteiger partial charge >= 0.3 is 0 Å². The third kappa shape index (κ3) is 2.44. The second-order valence-electron chi connectivity index (χ2n) is 4.02. The van der Waals surface area contributed by atoms with Crippen molar-refractivity contribution in [3.05, 3.63) is 59.2 Å². The van der Waals surface area contributed by atoms with Crippen molar-refractivity contribution in [3.8, 4) is 11.8 Å². The molecule has 2 rings (SSSR count). The second-order valence-corrected chi connectivity index (χ2v) is 4.02. The van der Waals surface area contributed by atoms with Crippen molar-refractivity contribution in [3.63, 3.8) is 0 Å². The Morgan fingerprint density at radius 1 is 1.17 bits per heavy atom. The molecule has 0 unspecified atom stereocenters. The summed E-state index contributed by atoms with van der Waals surface area (Å²) in [6.45, 7) is 2.35. The lowest BCUT2D eigenvalue weighted by atomic mass is 10.0. The van der Waals surface area contributed by atoms with Crippen molar-refractivity contribution in [2.75, 3.05) is 5.73 Å². The third-order valence-electron chi connectivity index (χ3n) is 2.89. The van der Waals surface area contributed by atoms with E-state index in [4.69, 9.17) is 15.7 Å². The summed E-state index contributed by atoms with van der Waals surface area (Å²) in [7, 11) is 0. The van der Waals surface area contributed by atoms with E-state index in [1.807, 2.05) is 43.3 Å². The first-order chi connectivity index (χ1) is 8.72. The predicted octanol–water partition coefficient (Wildman–Crippen LogP) is 3.03. The van der Waals surface area contributed by atoms with Crippen LogP contribution in [0.1, 0.15) is 16.7 Å². The molecular weight excluding hydrogens is 224 g/mol. The Kier molecular flexibility index (Phi) is 3.49. The van der Waals surface area contributed by atoms with Crippen LogP contribution in [0.3, 0.4) is 0 Å². The number of hydrogen-bond acceptors (Lipinski definition) is 3. The maximum Gasteiger partial charge on any atom is 0.119 e. The van der Waals surface area contributed by atoms with Gasteiger partial charge in [0.05, 0.1) is 11.3 Å². The van der Waals surface area contributed by atoms with Crippen LogP contribution in [0.15, 0.2) is 42.5 Å². The molecule has 0 saturated heterocycles. The highest BCUT2D eigenvalue weighted by atomic mass is 16.5. The van der Waals surface area contributed by atoms with Gasteiger partial charge in [0.25, 0.3) is 0 Å². The van der Waals surface area contributed by atoms with E-state index in [1.54, 1.807) is 6.07 Å². The number of ether oxygens (including phenoxy) is 1. The normalized spacial score (nSPS) is 9.78. The molecule has 2 aromatic rings. The number of benzene rings is 2. The smallest absolute Gasteiger partial charge is 0.119 e. The summed E-state index contributed by atoms with van der Waals surface area (Å²) in [5.74, 6) is 0.819. The van der Waals surface area contributed by atoms with Crippen molar-refractivity contribution in [1.82, 2.24) is 0 Å². The van der Waals surface area contributed by atoms with Gasteiger partial charge in [-0.15, -0.1) is 0 Å². The molecule has 0 saturated carbocycles. The largest absolute Gasteiger partial charge is 0.489 e. The number of nitrogens with two attached hydrogens (primary N) is 1. The fourth-order valence-corrected chi connectivity index (χ4v) is 1.71.